The molecule has 0 radical (unpaired) electrons. The highest BCUT2D eigenvalue weighted by molar-refractivity contribution is 5.66. The number of allylic oxidation sites excluding steroid dienone is 5. The number of rotatable bonds is 15. The van der Waals surface area contributed by atoms with Gasteiger partial charge in [-0.3, -0.25) is 25.0 Å². The molecular formula is C18H28N2O6. The summed E-state index contributed by atoms with van der Waals surface area (Å²) in [6.07, 6.45) is 12.0. The van der Waals surface area contributed by atoms with Crippen molar-refractivity contribution in [2.24, 2.45) is 0 Å². The monoisotopic (exact) mass is 368 g/mol. The van der Waals surface area contributed by atoms with E-state index < -0.39 is 15.8 Å². The molecule has 0 aromatic heterocycles. The Labute approximate surface area is 153 Å². The topological polar surface area (TPSA) is 124 Å². The zero-order valence-electron chi connectivity index (χ0n) is 15.3. The second-order valence-corrected chi connectivity index (χ2v) is 5.89. The lowest BCUT2D eigenvalue weighted by atomic mass is 10.1. The summed E-state index contributed by atoms with van der Waals surface area (Å²) in [4.78, 5) is 31.4. The van der Waals surface area contributed by atoms with E-state index in [4.69, 9.17) is 5.11 Å². The van der Waals surface area contributed by atoms with Gasteiger partial charge in [0, 0.05) is 12.8 Å². The highest BCUT2D eigenvalue weighted by Gasteiger charge is 2.09. The molecule has 0 aromatic carbocycles. The fourth-order valence-corrected chi connectivity index (χ4v) is 2.35. The summed E-state index contributed by atoms with van der Waals surface area (Å²) < 4.78 is 0. The Balaban J connectivity index is 4.18. The van der Waals surface area contributed by atoms with Gasteiger partial charge in [-0.25, -0.2) is 0 Å². The zero-order valence-corrected chi connectivity index (χ0v) is 15.3. The number of unbranched alkanes of at least 4 members (excludes halogenated alkanes) is 4. The minimum Gasteiger partial charge on any atom is -0.481 e. The minimum atomic E-state index is -0.799. The fraction of sp³-hybridized carbons (Fsp3) is 0.611. The molecule has 146 valence electrons. The largest absolute Gasteiger partial charge is 0.481 e. The molecule has 0 aliphatic rings. The Bertz CT molecular complexity index is 552. The lowest BCUT2D eigenvalue weighted by Gasteiger charge is -2.00. The highest BCUT2D eigenvalue weighted by atomic mass is 16.6. The van der Waals surface area contributed by atoms with Crippen molar-refractivity contribution in [3.8, 4) is 0 Å². The first-order valence-corrected chi connectivity index (χ1v) is 8.92. The number of carbonyl (C=O) groups is 1. The van der Waals surface area contributed by atoms with Gasteiger partial charge in [0.2, 0.25) is 11.4 Å². The van der Waals surface area contributed by atoms with Crippen molar-refractivity contribution in [3.05, 3.63) is 55.9 Å². The molecule has 0 bridgehead atoms. The van der Waals surface area contributed by atoms with Crippen LogP contribution in [0.1, 0.15) is 71.1 Å². The van der Waals surface area contributed by atoms with Gasteiger partial charge in [0.05, 0.1) is 16.3 Å². The highest BCUT2D eigenvalue weighted by Crippen LogP contribution is 2.13. The molecule has 1 N–H and O–H groups in total. The van der Waals surface area contributed by atoms with Gasteiger partial charge in [-0.15, -0.1) is 0 Å². The number of nitro groups is 2. The number of carboxylic acid groups (broad SMARTS) is 1. The number of carboxylic acids is 1. The number of hydrogen-bond donors (Lipinski definition) is 1. The quantitative estimate of drug-likeness (QED) is 0.190. The lowest BCUT2D eigenvalue weighted by Crippen LogP contribution is -1.99. The van der Waals surface area contributed by atoms with E-state index in [1.54, 1.807) is 18.2 Å². The molecular weight excluding hydrogens is 340 g/mol. The fourth-order valence-electron chi connectivity index (χ4n) is 2.35. The molecule has 0 saturated carbocycles. The van der Waals surface area contributed by atoms with E-state index in [-0.39, 0.29) is 24.2 Å². The van der Waals surface area contributed by atoms with Crippen LogP contribution in [0.15, 0.2) is 35.7 Å². The Hall–Kier alpha value is -2.51. The van der Waals surface area contributed by atoms with Gasteiger partial charge in [-0.2, -0.15) is 0 Å². The molecule has 0 saturated heterocycles. The van der Waals surface area contributed by atoms with E-state index in [0.717, 1.165) is 19.3 Å². The van der Waals surface area contributed by atoms with Crippen molar-refractivity contribution in [3.63, 3.8) is 0 Å². The minimum absolute atomic E-state index is 0.130. The molecule has 0 rings (SSSR count). The number of nitrogens with zero attached hydrogens (tertiary/aromatic N) is 2. The number of aliphatic carboxylic acids is 1. The van der Waals surface area contributed by atoms with Crippen molar-refractivity contribution in [1.29, 1.82) is 0 Å². The first-order chi connectivity index (χ1) is 12.4. The van der Waals surface area contributed by atoms with Crippen molar-refractivity contribution < 1.29 is 19.7 Å². The average Bonchev–Trinajstić information content (AvgIpc) is 2.56. The molecule has 0 atom stereocenters. The van der Waals surface area contributed by atoms with E-state index in [0.29, 0.717) is 32.1 Å². The van der Waals surface area contributed by atoms with E-state index in [1.807, 2.05) is 6.92 Å². The van der Waals surface area contributed by atoms with Crippen LogP contribution in [0.4, 0.5) is 0 Å². The lowest BCUT2D eigenvalue weighted by molar-refractivity contribution is -0.428. The molecule has 0 spiro atoms. The second kappa shape index (κ2) is 14.8. The van der Waals surface area contributed by atoms with Gasteiger partial charge in [0.15, 0.2) is 0 Å². The molecule has 0 aliphatic heterocycles. The summed E-state index contributed by atoms with van der Waals surface area (Å²) in [5, 5.41) is 30.3. The Kier molecular flexibility index (Phi) is 13.4. The molecule has 0 fully saturated rings. The van der Waals surface area contributed by atoms with Crippen LogP contribution in [-0.4, -0.2) is 20.9 Å². The van der Waals surface area contributed by atoms with Crippen molar-refractivity contribution in [2.75, 3.05) is 0 Å². The summed E-state index contributed by atoms with van der Waals surface area (Å²) in [7, 11) is 0. The third-order valence-electron chi connectivity index (χ3n) is 3.72. The van der Waals surface area contributed by atoms with Crippen LogP contribution in [0.25, 0.3) is 0 Å². The van der Waals surface area contributed by atoms with Gasteiger partial charge >= 0.3 is 5.97 Å². The Morgan fingerprint density at radius 3 is 2.00 bits per heavy atom. The molecule has 0 heterocycles. The van der Waals surface area contributed by atoms with Gasteiger partial charge < -0.3 is 5.11 Å². The SMILES string of the molecule is CC/C=C(\C/C=C\C/C=C(\CCCCCCCC(=O)O)[N+](=O)[O-])[N+](=O)[O-]. The molecule has 0 aliphatic carbocycles. The zero-order chi connectivity index (χ0) is 19.8. The first-order valence-electron chi connectivity index (χ1n) is 8.92. The Morgan fingerprint density at radius 1 is 0.885 bits per heavy atom. The summed E-state index contributed by atoms with van der Waals surface area (Å²) in [5.74, 6) is -0.799. The Morgan fingerprint density at radius 2 is 1.46 bits per heavy atom. The van der Waals surface area contributed by atoms with Crippen LogP contribution in [-0.2, 0) is 4.79 Å². The van der Waals surface area contributed by atoms with E-state index in [9.17, 15) is 25.0 Å². The summed E-state index contributed by atoms with van der Waals surface area (Å²) in [6, 6.07) is 0. The molecule has 8 nitrogen and oxygen atoms in total. The van der Waals surface area contributed by atoms with Gasteiger partial charge in [-0.05, 0) is 37.8 Å². The van der Waals surface area contributed by atoms with Crippen molar-refractivity contribution in [1.82, 2.24) is 0 Å². The standard InChI is InChI=1S/C18H28N2O6/c1-2-11-16(19(23)24)12-8-6-9-14-17(20(25)26)13-7-4-3-5-10-15-18(21)22/h6,8,11,14H,2-5,7,9-10,12-13,15H2,1H3,(H,21,22)/b8-6-,16-11+,17-14+. The van der Waals surface area contributed by atoms with Gasteiger partial charge in [0.25, 0.3) is 0 Å². The third-order valence-corrected chi connectivity index (χ3v) is 3.72. The molecule has 0 amide bonds. The van der Waals surface area contributed by atoms with Crippen LogP contribution in [0, 0.1) is 20.2 Å². The molecule has 0 aromatic rings. The van der Waals surface area contributed by atoms with Crippen LogP contribution in [0.5, 0.6) is 0 Å². The second-order valence-electron chi connectivity index (χ2n) is 5.89. The van der Waals surface area contributed by atoms with Gasteiger partial charge in [-0.1, -0.05) is 38.3 Å². The van der Waals surface area contributed by atoms with Crippen LogP contribution in [0.2, 0.25) is 0 Å². The maximum atomic E-state index is 11.0. The van der Waals surface area contributed by atoms with Crippen LogP contribution in [0.3, 0.4) is 0 Å². The van der Waals surface area contributed by atoms with E-state index in [1.165, 1.54) is 6.08 Å². The maximum absolute atomic E-state index is 11.0. The molecule has 26 heavy (non-hydrogen) atoms. The summed E-state index contributed by atoms with van der Waals surface area (Å²) in [6.45, 7) is 1.82. The molecule has 0 unspecified atom stereocenters. The summed E-state index contributed by atoms with van der Waals surface area (Å²) in [5.41, 5.74) is 0.281. The summed E-state index contributed by atoms with van der Waals surface area (Å²) >= 11 is 0. The van der Waals surface area contributed by atoms with Crippen LogP contribution < -0.4 is 0 Å². The van der Waals surface area contributed by atoms with E-state index >= 15 is 0 Å². The van der Waals surface area contributed by atoms with Crippen LogP contribution >= 0.6 is 0 Å². The predicted molar refractivity (Wildman–Crippen MR) is 98.8 cm³/mol. The third kappa shape index (κ3) is 12.9. The number of hydrogen-bond acceptors (Lipinski definition) is 5. The maximum Gasteiger partial charge on any atom is 0.303 e. The predicted octanol–water partition coefficient (Wildman–Crippen LogP) is 4.87. The normalized spacial score (nSPS) is 12.5. The van der Waals surface area contributed by atoms with E-state index in [2.05, 4.69) is 0 Å². The molecule has 8 heteroatoms. The average molecular weight is 368 g/mol. The first kappa shape index (κ1) is 23.5. The van der Waals surface area contributed by atoms with Crippen molar-refractivity contribution >= 4 is 5.97 Å². The van der Waals surface area contributed by atoms with Crippen molar-refractivity contribution in [2.45, 2.75) is 71.1 Å². The van der Waals surface area contributed by atoms with Gasteiger partial charge in [0.1, 0.15) is 0 Å². The smallest absolute Gasteiger partial charge is 0.303 e.